The number of hydrogen-bond acceptors (Lipinski definition) is 10. The molecular formula is C33H39N7O4S. The van der Waals surface area contributed by atoms with Crippen LogP contribution in [0.1, 0.15) is 66.6 Å². The van der Waals surface area contributed by atoms with Crippen LogP contribution in [0.25, 0.3) is 0 Å². The highest BCUT2D eigenvalue weighted by molar-refractivity contribution is 7.15. The molecule has 2 aromatic carbocycles. The van der Waals surface area contributed by atoms with Crippen molar-refractivity contribution in [3.8, 4) is 0 Å². The third-order valence-electron chi connectivity index (χ3n) is 7.17. The summed E-state index contributed by atoms with van der Waals surface area (Å²) < 4.78 is 5.54. The van der Waals surface area contributed by atoms with E-state index in [-0.39, 0.29) is 18.4 Å². The van der Waals surface area contributed by atoms with E-state index in [4.69, 9.17) is 4.74 Å². The number of carbonyl (C=O) groups is 2. The van der Waals surface area contributed by atoms with Gasteiger partial charge in [0.1, 0.15) is 16.8 Å². The van der Waals surface area contributed by atoms with Crippen molar-refractivity contribution in [3.05, 3.63) is 93.6 Å². The van der Waals surface area contributed by atoms with Gasteiger partial charge in [0.05, 0.1) is 12.1 Å². The maximum absolute atomic E-state index is 12.6. The molecule has 0 spiro atoms. The van der Waals surface area contributed by atoms with Crippen molar-refractivity contribution in [1.29, 1.82) is 0 Å². The lowest BCUT2D eigenvalue weighted by Crippen LogP contribution is -2.33. The van der Waals surface area contributed by atoms with Crippen LogP contribution in [0.2, 0.25) is 0 Å². The predicted octanol–water partition coefficient (Wildman–Crippen LogP) is 5.30. The van der Waals surface area contributed by atoms with E-state index in [1.54, 1.807) is 11.0 Å². The molecule has 4 aromatic rings. The molecule has 236 valence electrons. The zero-order valence-electron chi connectivity index (χ0n) is 25.8. The van der Waals surface area contributed by atoms with Crippen LogP contribution < -0.4 is 10.6 Å². The number of unbranched alkanes of at least 4 members (excludes halogenated alkanes) is 1. The highest BCUT2D eigenvalue weighted by Gasteiger charge is 2.29. The molecule has 5 rings (SSSR count). The van der Waals surface area contributed by atoms with Gasteiger partial charge >= 0.3 is 6.09 Å². The molecule has 3 heterocycles. The molecule has 1 atom stereocenters. The number of nitrogens with zero attached hydrogens (tertiary/aromatic N) is 5. The van der Waals surface area contributed by atoms with Crippen molar-refractivity contribution in [1.82, 2.24) is 25.3 Å². The van der Waals surface area contributed by atoms with Gasteiger partial charge in [-0.1, -0.05) is 59.9 Å². The van der Waals surface area contributed by atoms with Gasteiger partial charge in [0.2, 0.25) is 11.0 Å². The Morgan fingerprint density at radius 2 is 1.76 bits per heavy atom. The SMILES string of the molecule is CC(C)(C)OC(=O)N1Cc2cccc(CC(O)Nc3nnc(CCCCc4ccc(NC(=O)Cc5ccccc5)nn4)s3)c2C1. The van der Waals surface area contributed by atoms with E-state index in [1.807, 2.05) is 75.4 Å². The fourth-order valence-electron chi connectivity index (χ4n) is 5.06. The Labute approximate surface area is 267 Å². The maximum atomic E-state index is 12.6. The van der Waals surface area contributed by atoms with Crippen molar-refractivity contribution >= 4 is 34.3 Å². The number of aliphatic hydroxyl groups excluding tert-OH is 1. The van der Waals surface area contributed by atoms with Crippen LogP contribution >= 0.6 is 11.3 Å². The average Bonchev–Trinajstić information content (AvgIpc) is 3.63. The van der Waals surface area contributed by atoms with Gasteiger partial charge in [-0.05, 0) is 74.4 Å². The normalized spacial score (nSPS) is 13.3. The summed E-state index contributed by atoms with van der Waals surface area (Å²) in [4.78, 5) is 26.5. The zero-order valence-corrected chi connectivity index (χ0v) is 26.6. The Kier molecular flexibility index (Phi) is 10.4. The average molecular weight is 630 g/mol. The van der Waals surface area contributed by atoms with E-state index >= 15 is 0 Å². The largest absolute Gasteiger partial charge is 0.444 e. The van der Waals surface area contributed by atoms with E-state index in [2.05, 4.69) is 31.0 Å². The van der Waals surface area contributed by atoms with Gasteiger partial charge in [-0.3, -0.25) is 9.69 Å². The zero-order chi connectivity index (χ0) is 31.8. The number of nitrogens with one attached hydrogen (secondary N) is 2. The molecular weight excluding hydrogens is 590 g/mol. The third kappa shape index (κ3) is 9.53. The summed E-state index contributed by atoms with van der Waals surface area (Å²) in [7, 11) is 0. The molecule has 2 aromatic heterocycles. The number of hydrogen-bond donors (Lipinski definition) is 3. The second-order valence-corrected chi connectivity index (χ2v) is 13.1. The van der Waals surface area contributed by atoms with E-state index < -0.39 is 11.8 Å². The van der Waals surface area contributed by atoms with Crippen LogP contribution in [0.3, 0.4) is 0 Å². The molecule has 12 heteroatoms. The first-order valence-corrected chi connectivity index (χ1v) is 15.9. The van der Waals surface area contributed by atoms with Gasteiger partial charge in [-0.15, -0.1) is 15.3 Å². The van der Waals surface area contributed by atoms with Gasteiger partial charge in [0.25, 0.3) is 0 Å². The first kappa shape index (κ1) is 32.0. The van der Waals surface area contributed by atoms with E-state index in [0.29, 0.717) is 30.5 Å². The number of aryl methyl sites for hydroxylation is 2. The molecule has 1 aliphatic rings. The molecule has 1 unspecified atom stereocenters. The number of anilines is 2. The predicted molar refractivity (Wildman–Crippen MR) is 173 cm³/mol. The number of ether oxygens (including phenoxy) is 1. The summed E-state index contributed by atoms with van der Waals surface area (Å²) in [6.07, 6.45) is 2.81. The highest BCUT2D eigenvalue weighted by atomic mass is 32.1. The number of fused-ring (bicyclic) bond motifs is 1. The Bertz CT molecular complexity index is 1590. The molecule has 1 aliphatic heterocycles. The van der Waals surface area contributed by atoms with Crippen molar-refractivity contribution in [2.45, 2.75) is 84.2 Å². The fraction of sp³-hybridized carbons (Fsp3) is 0.394. The van der Waals surface area contributed by atoms with Crippen molar-refractivity contribution < 1.29 is 19.4 Å². The first-order valence-electron chi connectivity index (χ1n) is 15.1. The molecule has 11 nitrogen and oxygen atoms in total. The number of rotatable bonds is 12. The molecule has 0 saturated heterocycles. The van der Waals surface area contributed by atoms with E-state index in [0.717, 1.165) is 58.6 Å². The second kappa shape index (κ2) is 14.6. The summed E-state index contributed by atoms with van der Waals surface area (Å²) in [6.45, 7) is 6.51. The standard InChI is InChI=1S/C33H39N7O4S/c1-33(2,3)44-32(43)40-20-24-13-9-12-23(26(24)21-40)19-29(42)35-31-39-38-30(45-31)15-8-7-14-25-16-17-27(37-36-25)34-28(41)18-22-10-5-4-6-11-22/h4-6,9-13,16-17,29,42H,7-8,14-15,18-21H2,1-3H3,(H,35,39)(H,34,37,41). The topological polar surface area (TPSA) is 142 Å². The quantitative estimate of drug-likeness (QED) is 0.141. The lowest BCUT2D eigenvalue weighted by Gasteiger charge is -2.24. The number of aliphatic hydroxyl groups is 1. The van der Waals surface area contributed by atoms with E-state index in [9.17, 15) is 14.7 Å². The number of aromatic nitrogens is 4. The van der Waals surface area contributed by atoms with Crippen LogP contribution in [-0.2, 0) is 48.3 Å². The Morgan fingerprint density at radius 3 is 2.51 bits per heavy atom. The van der Waals surface area contributed by atoms with E-state index in [1.165, 1.54) is 11.3 Å². The lowest BCUT2D eigenvalue weighted by molar-refractivity contribution is -0.115. The minimum Gasteiger partial charge on any atom is -0.444 e. The monoisotopic (exact) mass is 629 g/mol. The van der Waals surface area contributed by atoms with Crippen LogP contribution in [-0.4, -0.2) is 54.2 Å². The Hall–Kier alpha value is -4.42. The van der Waals surface area contributed by atoms with Crippen LogP contribution in [0.15, 0.2) is 60.7 Å². The Balaban J connectivity index is 1.03. The van der Waals surface area contributed by atoms with Crippen molar-refractivity contribution in [2.24, 2.45) is 0 Å². The fourth-order valence-corrected chi connectivity index (χ4v) is 5.89. The Morgan fingerprint density at radius 1 is 0.956 bits per heavy atom. The van der Waals surface area contributed by atoms with Crippen molar-refractivity contribution in [3.63, 3.8) is 0 Å². The first-order chi connectivity index (χ1) is 21.6. The smallest absolute Gasteiger partial charge is 0.410 e. The van der Waals surface area contributed by atoms with Crippen LogP contribution in [0.4, 0.5) is 15.7 Å². The molecule has 0 fully saturated rings. The van der Waals surface area contributed by atoms with Gasteiger partial charge in [-0.25, -0.2) is 4.79 Å². The molecule has 2 amide bonds. The van der Waals surface area contributed by atoms with Gasteiger partial charge in [-0.2, -0.15) is 5.10 Å². The molecule has 0 saturated carbocycles. The summed E-state index contributed by atoms with van der Waals surface area (Å²) >= 11 is 1.43. The molecule has 0 radical (unpaired) electrons. The van der Waals surface area contributed by atoms with Crippen LogP contribution in [0.5, 0.6) is 0 Å². The summed E-state index contributed by atoms with van der Waals surface area (Å²) in [5.41, 5.74) is 4.35. The number of carbonyl (C=O) groups excluding carboxylic acids is 2. The number of benzene rings is 2. The molecule has 45 heavy (non-hydrogen) atoms. The van der Waals surface area contributed by atoms with Gasteiger partial charge in [0, 0.05) is 25.9 Å². The molecule has 0 bridgehead atoms. The summed E-state index contributed by atoms with van der Waals surface area (Å²) in [5.74, 6) is 0.312. The summed E-state index contributed by atoms with van der Waals surface area (Å²) in [5, 5.41) is 35.0. The summed E-state index contributed by atoms with van der Waals surface area (Å²) in [6, 6.07) is 19.2. The lowest BCUT2D eigenvalue weighted by atomic mass is 10.0. The van der Waals surface area contributed by atoms with Crippen LogP contribution in [0, 0.1) is 0 Å². The minimum absolute atomic E-state index is 0.128. The van der Waals surface area contributed by atoms with Crippen molar-refractivity contribution in [2.75, 3.05) is 10.6 Å². The molecule has 0 aliphatic carbocycles. The maximum Gasteiger partial charge on any atom is 0.410 e. The second-order valence-electron chi connectivity index (χ2n) is 12.1. The molecule has 3 N–H and O–H groups in total. The number of amides is 2. The third-order valence-corrected chi connectivity index (χ3v) is 8.08. The van der Waals surface area contributed by atoms with Gasteiger partial charge < -0.3 is 20.5 Å². The highest BCUT2D eigenvalue weighted by Crippen LogP contribution is 2.29. The van der Waals surface area contributed by atoms with Gasteiger partial charge in [0.15, 0.2) is 5.82 Å². The minimum atomic E-state index is -0.849.